The molecule has 39 heavy (non-hydrogen) atoms. The number of halogens is 4. The standard InChI is InChI=1S/2C14H9F2O2.2CH3.Ti/c2*15-10-6-7-12(13(16)8-10)14(17)9-18-11-4-2-1-3-5-11;;;/h2*1-7H,9H2;2*1H3;/q4*-1;+4. The minimum absolute atomic E-state index is 0. The van der Waals surface area contributed by atoms with Crippen molar-refractivity contribution in [2.75, 3.05) is 13.2 Å². The van der Waals surface area contributed by atoms with E-state index in [9.17, 15) is 27.2 Å². The van der Waals surface area contributed by atoms with Gasteiger partial charge in [0.25, 0.3) is 0 Å². The maximum absolute atomic E-state index is 13.3. The molecule has 0 unspecified atom stereocenters. The average molecular weight is 572 g/mol. The fourth-order valence-electron chi connectivity index (χ4n) is 2.80. The molecule has 0 fully saturated rings. The van der Waals surface area contributed by atoms with E-state index in [4.69, 9.17) is 9.47 Å². The third-order valence-corrected chi connectivity index (χ3v) is 4.55. The summed E-state index contributed by atoms with van der Waals surface area (Å²) in [4.78, 5) is 23.3. The van der Waals surface area contributed by atoms with Gasteiger partial charge in [0.15, 0.2) is 0 Å². The van der Waals surface area contributed by atoms with Crippen molar-refractivity contribution in [3.63, 3.8) is 0 Å². The van der Waals surface area contributed by atoms with E-state index >= 15 is 0 Å². The number of benzene rings is 4. The number of hydrogen-bond donors (Lipinski definition) is 0. The Labute approximate surface area is 240 Å². The first-order valence-electron chi connectivity index (χ1n) is 10.5. The molecule has 0 saturated carbocycles. The molecule has 200 valence electrons. The van der Waals surface area contributed by atoms with Crippen LogP contribution in [0.2, 0.25) is 0 Å². The zero-order valence-corrected chi connectivity index (χ0v) is 22.7. The Balaban J connectivity index is 0.000000688. The molecule has 0 aliphatic heterocycles. The third-order valence-electron chi connectivity index (χ3n) is 4.55. The minimum atomic E-state index is -1.00. The molecule has 0 radical (unpaired) electrons. The Kier molecular flexibility index (Phi) is 16.0. The van der Waals surface area contributed by atoms with Crippen LogP contribution in [0.1, 0.15) is 20.7 Å². The van der Waals surface area contributed by atoms with Gasteiger partial charge in [-0.05, 0) is 24.3 Å². The molecule has 4 rings (SSSR count). The number of hydrogen-bond acceptors (Lipinski definition) is 4. The maximum Gasteiger partial charge on any atom is 4.00 e. The first-order chi connectivity index (χ1) is 17.3. The molecule has 0 bridgehead atoms. The second-order valence-electron chi connectivity index (χ2n) is 7.12. The van der Waals surface area contributed by atoms with Gasteiger partial charge in [-0.2, -0.15) is 12.1 Å². The first-order valence-corrected chi connectivity index (χ1v) is 10.5. The normalized spacial score (nSPS) is 9.33. The molecule has 9 heteroatoms. The summed E-state index contributed by atoms with van der Waals surface area (Å²) in [6.45, 7) is -0.610. The molecule has 4 aromatic rings. The number of para-hydroxylation sites is 2. The van der Waals surface area contributed by atoms with Crippen LogP contribution in [0.25, 0.3) is 0 Å². The van der Waals surface area contributed by atoms with Crippen molar-refractivity contribution in [1.82, 2.24) is 0 Å². The molecule has 0 amide bonds. The summed E-state index contributed by atoms with van der Waals surface area (Å²) in [7, 11) is 0. The number of rotatable bonds is 8. The van der Waals surface area contributed by atoms with E-state index in [-0.39, 0.29) is 60.9 Å². The van der Waals surface area contributed by atoms with E-state index in [0.717, 1.165) is 24.3 Å². The van der Waals surface area contributed by atoms with Crippen LogP contribution in [0, 0.1) is 50.3 Å². The predicted octanol–water partition coefficient (Wildman–Crippen LogP) is 6.95. The first kappa shape index (κ1) is 35.3. The topological polar surface area (TPSA) is 52.6 Å². The Morgan fingerprint density at radius 1 is 0.564 bits per heavy atom. The van der Waals surface area contributed by atoms with E-state index in [1.807, 2.05) is 24.3 Å². The van der Waals surface area contributed by atoms with Crippen LogP contribution >= 0.6 is 0 Å². The fraction of sp³-hybridized carbons (Fsp3) is 0.0667. The third kappa shape index (κ3) is 11.3. The van der Waals surface area contributed by atoms with Gasteiger partial charge in [0.05, 0.1) is 0 Å². The molecular formula is C30H24F4O4Ti. The van der Waals surface area contributed by atoms with Gasteiger partial charge in [-0.1, -0.05) is 47.5 Å². The molecule has 4 aromatic carbocycles. The molecule has 0 aliphatic carbocycles. The van der Waals surface area contributed by atoms with Gasteiger partial charge in [0.1, 0.15) is 36.3 Å². The largest absolute Gasteiger partial charge is 4.00 e. The second kappa shape index (κ2) is 17.7. The SMILES string of the molecule is O=C(COc1ccccc1)c1ccc(F)[c-]c1F.O=C(COc1ccccc1)c1ccc(F)[c-]c1F.[CH3-].[CH3-].[Ti+4]. The van der Waals surface area contributed by atoms with Crippen LogP contribution in [0.3, 0.4) is 0 Å². The zero-order chi connectivity index (χ0) is 25.9. The smallest absolute Gasteiger partial charge is 0.487 e. The van der Waals surface area contributed by atoms with Crippen molar-refractivity contribution in [3.8, 4) is 11.5 Å². The molecule has 0 N–H and O–H groups in total. The van der Waals surface area contributed by atoms with Crippen molar-refractivity contribution >= 4 is 11.6 Å². The summed E-state index contributed by atoms with van der Waals surface area (Å²) in [6.07, 6.45) is 0. The quantitative estimate of drug-likeness (QED) is 0.0993. The van der Waals surface area contributed by atoms with Gasteiger partial charge in [-0.3, -0.25) is 0 Å². The summed E-state index contributed by atoms with van der Waals surface area (Å²) in [5.41, 5.74) is -0.459. The van der Waals surface area contributed by atoms with Gasteiger partial charge in [0.2, 0.25) is 0 Å². The summed E-state index contributed by atoms with van der Waals surface area (Å²) in [6, 6.07) is 25.1. The fourth-order valence-corrected chi connectivity index (χ4v) is 2.80. The van der Waals surface area contributed by atoms with Crippen molar-refractivity contribution in [2.24, 2.45) is 0 Å². The Morgan fingerprint density at radius 3 is 1.21 bits per heavy atom. The summed E-state index contributed by atoms with van der Waals surface area (Å²) < 4.78 is 62.1. The van der Waals surface area contributed by atoms with Crippen molar-refractivity contribution in [1.29, 1.82) is 0 Å². The molecule has 0 aromatic heterocycles. The van der Waals surface area contributed by atoms with Gasteiger partial charge < -0.3 is 33.9 Å². The zero-order valence-electron chi connectivity index (χ0n) is 21.1. The van der Waals surface area contributed by atoms with Crippen molar-refractivity contribution < 1.29 is 58.3 Å². The number of Topliss-reactive ketones (excluding diaryl/α,β-unsaturated/α-hetero) is 2. The monoisotopic (exact) mass is 572 g/mol. The number of carbonyl (C=O) groups is 2. The van der Waals surface area contributed by atoms with E-state index in [0.29, 0.717) is 11.5 Å². The number of ketones is 2. The van der Waals surface area contributed by atoms with E-state index in [2.05, 4.69) is 0 Å². The number of carbonyl (C=O) groups excluding carboxylic acids is 2. The molecule has 0 aliphatic rings. The van der Waals surface area contributed by atoms with Crippen molar-refractivity contribution in [2.45, 2.75) is 0 Å². The molecule has 0 heterocycles. The van der Waals surface area contributed by atoms with Crippen molar-refractivity contribution in [3.05, 3.63) is 146 Å². The van der Waals surface area contributed by atoms with Gasteiger partial charge in [0, 0.05) is 23.3 Å². The summed E-state index contributed by atoms with van der Waals surface area (Å²) in [5, 5.41) is 0. The second-order valence-corrected chi connectivity index (χ2v) is 7.12. The van der Waals surface area contributed by atoms with Gasteiger partial charge in [-0.25, -0.2) is 17.6 Å². The van der Waals surface area contributed by atoms with E-state index < -0.39 is 34.8 Å². The Bertz CT molecular complexity index is 1220. The molecular weight excluding hydrogens is 548 g/mol. The van der Waals surface area contributed by atoms with E-state index in [1.165, 1.54) is 0 Å². The Morgan fingerprint density at radius 2 is 0.897 bits per heavy atom. The van der Waals surface area contributed by atoms with Gasteiger partial charge in [-0.15, -0.1) is 24.3 Å². The van der Waals surface area contributed by atoms with Crippen LogP contribution in [0.4, 0.5) is 17.6 Å². The van der Waals surface area contributed by atoms with Gasteiger partial charge >= 0.3 is 21.7 Å². The molecule has 4 nitrogen and oxygen atoms in total. The van der Waals surface area contributed by atoms with Crippen LogP contribution in [0.15, 0.2) is 84.9 Å². The average Bonchev–Trinajstić information content (AvgIpc) is 2.87. The van der Waals surface area contributed by atoms with Crippen LogP contribution in [0.5, 0.6) is 11.5 Å². The van der Waals surface area contributed by atoms with Crippen LogP contribution in [-0.4, -0.2) is 24.8 Å². The maximum atomic E-state index is 13.3. The molecule has 0 spiro atoms. The van der Waals surface area contributed by atoms with Crippen LogP contribution < -0.4 is 9.47 Å². The Hall–Kier alpha value is -3.75. The minimum Gasteiger partial charge on any atom is -0.487 e. The molecule has 0 atom stereocenters. The summed E-state index contributed by atoms with van der Waals surface area (Å²) in [5.74, 6) is -3.79. The summed E-state index contributed by atoms with van der Waals surface area (Å²) >= 11 is 0. The van der Waals surface area contributed by atoms with Crippen LogP contribution in [-0.2, 0) is 21.7 Å². The molecule has 0 saturated heterocycles. The predicted molar refractivity (Wildman–Crippen MR) is 136 cm³/mol. The van der Waals surface area contributed by atoms with E-state index in [1.54, 1.807) is 48.5 Å². The number of ether oxygens (including phenoxy) is 2.